The van der Waals surface area contributed by atoms with Crippen LogP contribution in [0.5, 0.6) is 0 Å². The first-order chi connectivity index (χ1) is 20.9. The van der Waals surface area contributed by atoms with Crippen LogP contribution in [0.25, 0.3) is 0 Å². The van der Waals surface area contributed by atoms with Crippen molar-refractivity contribution in [3.05, 3.63) is 0 Å². The van der Waals surface area contributed by atoms with Gasteiger partial charge >= 0.3 is 0 Å². The monoisotopic (exact) mass is 615 g/mol. The highest BCUT2D eigenvalue weighted by Crippen LogP contribution is 2.22. The maximum atomic E-state index is 10.1. The van der Waals surface area contributed by atoms with Crippen molar-refractivity contribution in [3.63, 3.8) is 0 Å². The molecular weight excluding hydrogens is 536 g/mol. The molecule has 0 radical (unpaired) electrons. The molecule has 0 spiro atoms. The van der Waals surface area contributed by atoms with Gasteiger partial charge in [0.1, 0.15) is 0 Å². The van der Waals surface area contributed by atoms with Crippen molar-refractivity contribution >= 4 is 0 Å². The van der Waals surface area contributed by atoms with Crippen LogP contribution in [0, 0.1) is 11.8 Å². The first kappa shape index (κ1) is 42.8. The standard InChI is InChI=1S/C38H78O5/c1-7-11-25-35(39)27-15-13-17-31-41-37(29-19-23-33(5)21-9-3)43-38(30-20-24-34(6)22-10-4)42-32-18-14-16-28-36(40)26-12-8-2/h33-40H,7-32H2,1-6H3. The van der Waals surface area contributed by atoms with E-state index in [0.717, 1.165) is 127 Å². The molecule has 2 N–H and O–H groups in total. The third-order valence-electron chi connectivity index (χ3n) is 8.89. The number of aliphatic hydroxyl groups excluding tert-OH is 2. The SMILES string of the molecule is CCCCC(O)CCCCCOC(CCCC(C)CCC)OC(CCCC(C)CCC)OCCCCCC(O)CCCC. The molecule has 0 aliphatic rings. The van der Waals surface area contributed by atoms with Crippen molar-refractivity contribution in [2.75, 3.05) is 13.2 Å². The molecule has 0 rings (SSSR count). The Hall–Kier alpha value is -0.200. The number of aliphatic hydroxyl groups is 2. The van der Waals surface area contributed by atoms with Crippen molar-refractivity contribution in [2.24, 2.45) is 11.8 Å². The van der Waals surface area contributed by atoms with Gasteiger partial charge in [0, 0.05) is 13.2 Å². The minimum atomic E-state index is -0.212. The van der Waals surface area contributed by atoms with E-state index in [2.05, 4.69) is 41.5 Å². The van der Waals surface area contributed by atoms with Crippen molar-refractivity contribution in [2.45, 2.75) is 220 Å². The van der Waals surface area contributed by atoms with Gasteiger partial charge in [-0.15, -0.1) is 0 Å². The molecule has 0 fully saturated rings. The molecule has 6 unspecified atom stereocenters. The Balaban J connectivity index is 4.85. The second kappa shape index (κ2) is 31.8. The summed E-state index contributed by atoms with van der Waals surface area (Å²) < 4.78 is 19.3. The minimum absolute atomic E-state index is 0.147. The summed E-state index contributed by atoms with van der Waals surface area (Å²) in [6.07, 6.45) is 25.4. The molecule has 0 aliphatic carbocycles. The Bertz CT molecular complexity index is 498. The van der Waals surface area contributed by atoms with Crippen LogP contribution in [0.4, 0.5) is 0 Å². The highest BCUT2D eigenvalue weighted by Gasteiger charge is 2.19. The molecule has 6 atom stereocenters. The Morgan fingerprint density at radius 1 is 0.395 bits per heavy atom. The highest BCUT2D eigenvalue weighted by molar-refractivity contribution is 4.61. The zero-order valence-electron chi connectivity index (χ0n) is 30.0. The summed E-state index contributed by atoms with van der Waals surface area (Å²) in [6.45, 7) is 15.0. The average Bonchev–Trinajstić information content (AvgIpc) is 2.98. The fourth-order valence-corrected chi connectivity index (χ4v) is 6.01. The number of rotatable bonds is 34. The fourth-order valence-electron chi connectivity index (χ4n) is 6.01. The molecule has 0 saturated carbocycles. The molecule has 260 valence electrons. The average molecular weight is 615 g/mol. The van der Waals surface area contributed by atoms with Crippen LogP contribution in [0.3, 0.4) is 0 Å². The molecule has 0 amide bonds. The van der Waals surface area contributed by atoms with Gasteiger partial charge in [0.25, 0.3) is 0 Å². The van der Waals surface area contributed by atoms with Crippen molar-refractivity contribution < 1.29 is 24.4 Å². The van der Waals surface area contributed by atoms with E-state index in [1.54, 1.807) is 0 Å². The van der Waals surface area contributed by atoms with Gasteiger partial charge in [-0.3, -0.25) is 0 Å². The summed E-state index contributed by atoms with van der Waals surface area (Å²) in [6, 6.07) is 0. The summed E-state index contributed by atoms with van der Waals surface area (Å²) in [5.41, 5.74) is 0. The van der Waals surface area contributed by atoms with Gasteiger partial charge in [-0.25, -0.2) is 0 Å². The lowest BCUT2D eigenvalue weighted by molar-refractivity contribution is -0.250. The quantitative estimate of drug-likeness (QED) is 0.0557. The lowest BCUT2D eigenvalue weighted by Crippen LogP contribution is -2.28. The molecule has 5 heteroatoms. The topological polar surface area (TPSA) is 68.2 Å². The second-order valence-electron chi connectivity index (χ2n) is 13.7. The van der Waals surface area contributed by atoms with Gasteiger partial charge in [0.2, 0.25) is 0 Å². The summed E-state index contributed by atoms with van der Waals surface area (Å²) in [5.74, 6) is 1.50. The number of hydrogen-bond donors (Lipinski definition) is 2. The zero-order valence-corrected chi connectivity index (χ0v) is 30.0. The summed E-state index contributed by atoms with van der Waals surface area (Å²) in [4.78, 5) is 0. The molecule has 0 aromatic heterocycles. The van der Waals surface area contributed by atoms with Gasteiger partial charge in [-0.1, -0.05) is 131 Å². The first-order valence-electron chi connectivity index (χ1n) is 19.1. The van der Waals surface area contributed by atoms with Gasteiger partial charge in [-0.05, 0) is 76.0 Å². The highest BCUT2D eigenvalue weighted by atomic mass is 16.8. The lowest BCUT2D eigenvalue weighted by atomic mass is 9.99. The van der Waals surface area contributed by atoms with Crippen molar-refractivity contribution in [1.29, 1.82) is 0 Å². The van der Waals surface area contributed by atoms with E-state index in [9.17, 15) is 10.2 Å². The maximum absolute atomic E-state index is 10.1. The number of ether oxygens (including phenoxy) is 3. The van der Waals surface area contributed by atoms with E-state index in [4.69, 9.17) is 14.2 Å². The first-order valence-corrected chi connectivity index (χ1v) is 19.1. The van der Waals surface area contributed by atoms with Crippen LogP contribution < -0.4 is 0 Å². The van der Waals surface area contributed by atoms with Gasteiger partial charge in [-0.2, -0.15) is 0 Å². The number of hydrogen-bond acceptors (Lipinski definition) is 5. The lowest BCUT2D eigenvalue weighted by Gasteiger charge is -2.26. The summed E-state index contributed by atoms with van der Waals surface area (Å²) >= 11 is 0. The fraction of sp³-hybridized carbons (Fsp3) is 1.00. The molecule has 0 aromatic rings. The smallest absolute Gasteiger partial charge is 0.160 e. The predicted octanol–water partition coefficient (Wildman–Crippen LogP) is 11.1. The Morgan fingerprint density at radius 3 is 1.16 bits per heavy atom. The van der Waals surface area contributed by atoms with Crippen LogP contribution in [-0.2, 0) is 14.2 Å². The van der Waals surface area contributed by atoms with Crippen LogP contribution in [0.15, 0.2) is 0 Å². The molecule has 0 heterocycles. The summed E-state index contributed by atoms with van der Waals surface area (Å²) in [5, 5.41) is 20.3. The van der Waals surface area contributed by atoms with Crippen LogP contribution in [0.2, 0.25) is 0 Å². The molecular formula is C38H78O5. The van der Waals surface area contributed by atoms with Gasteiger partial charge in [0.05, 0.1) is 12.2 Å². The normalized spacial score (nSPS) is 16.2. The van der Waals surface area contributed by atoms with E-state index in [0.29, 0.717) is 13.2 Å². The maximum Gasteiger partial charge on any atom is 0.160 e. The van der Waals surface area contributed by atoms with Crippen LogP contribution in [-0.4, -0.2) is 48.2 Å². The third kappa shape index (κ3) is 29.0. The van der Waals surface area contributed by atoms with E-state index < -0.39 is 0 Å². The molecule has 5 nitrogen and oxygen atoms in total. The molecule has 0 aliphatic heterocycles. The Labute approximate surface area is 269 Å². The Kier molecular flexibility index (Phi) is 31.6. The molecule has 0 saturated heterocycles. The van der Waals surface area contributed by atoms with E-state index in [-0.39, 0.29) is 24.8 Å². The molecule has 0 aromatic carbocycles. The van der Waals surface area contributed by atoms with Crippen molar-refractivity contribution in [3.8, 4) is 0 Å². The van der Waals surface area contributed by atoms with Gasteiger partial charge < -0.3 is 24.4 Å². The molecule has 0 bridgehead atoms. The van der Waals surface area contributed by atoms with Crippen LogP contribution in [0.1, 0.15) is 196 Å². The largest absolute Gasteiger partial charge is 0.393 e. The second-order valence-corrected chi connectivity index (χ2v) is 13.7. The Morgan fingerprint density at radius 2 is 0.791 bits per heavy atom. The van der Waals surface area contributed by atoms with E-state index in [1.165, 1.54) is 38.5 Å². The molecule has 43 heavy (non-hydrogen) atoms. The minimum Gasteiger partial charge on any atom is -0.393 e. The van der Waals surface area contributed by atoms with Crippen LogP contribution >= 0.6 is 0 Å². The van der Waals surface area contributed by atoms with Crippen molar-refractivity contribution in [1.82, 2.24) is 0 Å². The summed E-state index contributed by atoms with van der Waals surface area (Å²) in [7, 11) is 0. The van der Waals surface area contributed by atoms with Gasteiger partial charge in [0.15, 0.2) is 12.6 Å². The zero-order chi connectivity index (χ0) is 32.0. The van der Waals surface area contributed by atoms with E-state index in [1.807, 2.05) is 0 Å². The van der Waals surface area contributed by atoms with E-state index >= 15 is 0 Å². The third-order valence-corrected chi connectivity index (χ3v) is 8.89. The predicted molar refractivity (Wildman–Crippen MR) is 184 cm³/mol. The number of unbranched alkanes of at least 4 members (excludes halogenated alkanes) is 6.